The first-order valence-electron chi connectivity index (χ1n) is 8.11. The molecule has 2 heterocycles. The zero-order chi connectivity index (χ0) is 16.5. The van der Waals surface area contributed by atoms with E-state index in [1.165, 1.54) is 12.1 Å². The number of carbonyl (C=O) groups is 1. The number of halogens is 1. The average molecular weight is 324 g/mol. The highest BCUT2D eigenvalue weighted by Gasteiger charge is 2.27. The lowest BCUT2D eigenvalue weighted by molar-refractivity contribution is 0.0706. The number of oxazole rings is 1. The summed E-state index contributed by atoms with van der Waals surface area (Å²) in [5.74, 6) is 0.454. The minimum atomic E-state index is -0.387. The summed E-state index contributed by atoms with van der Waals surface area (Å²) in [4.78, 5) is 18.8. The largest absolute Gasteiger partial charge is 0.440 e. The van der Waals surface area contributed by atoms with Gasteiger partial charge in [-0.05, 0) is 43.2 Å². The first-order valence-corrected chi connectivity index (χ1v) is 8.11. The van der Waals surface area contributed by atoms with Crippen LogP contribution in [-0.2, 0) is 0 Å². The number of hydrogen-bond donors (Lipinski definition) is 0. The molecule has 2 aromatic carbocycles. The second kappa shape index (κ2) is 6.07. The van der Waals surface area contributed by atoms with Crippen LogP contribution in [0.2, 0.25) is 0 Å². The molecule has 0 saturated carbocycles. The molecule has 3 aromatic rings. The molecule has 122 valence electrons. The second-order valence-electron chi connectivity index (χ2n) is 6.10. The number of piperidine rings is 1. The molecular weight excluding hydrogens is 307 g/mol. The smallest absolute Gasteiger partial charge is 0.253 e. The number of rotatable bonds is 2. The van der Waals surface area contributed by atoms with Crippen LogP contribution in [0.4, 0.5) is 4.39 Å². The molecule has 0 radical (unpaired) electrons. The molecule has 0 unspecified atom stereocenters. The van der Waals surface area contributed by atoms with E-state index >= 15 is 0 Å². The number of carbonyl (C=O) groups excluding carboxylic acids is 1. The van der Waals surface area contributed by atoms with E-state index in [1.54, 1.807) is 17.0 Å². The van der Waals surface area contributed by atoms with Gasteiger partial charge >= 0.3 is 0 Å². The molecule has 0 atom stereocenters. The molecule has 1 fully saturated rings. The van der Waals surface area contributed by atoms with Gasteiger partial charge in [-0.3, -0.25) is 4.79 Å². The Kier molecular flexibility index (Phi) is 3.76. The fourth-order valence-corrected chi connectivity index (χ4v) is 3.20. The van der Waals surface area contributed by atoms with Gasteiger partial charge in [0.1, 0.15) is 11.3 Å². The van der Waals surface area contributed by atoms with Crippen molar-refractivity contribution in [1.82, 2.24) is 9.88 Å². The third kappa shape index (κ3) is 2.77. The highest BCUT2D eigenvalue weighted by Crippen LogP contribution is 2.30. The van der Waals surface area contributed by atoms with Crippen LogP contribution in [0, 0.1) is 5.82 Å². The molecule has 0 aliphatic carbocycles. The summed E-state index contributed by atoms with van der Waals surface area (Å²) in [6.45, 7) is 1.25. The van der Waals surface area contributed by atoms with Gasteiger partial charge in [-0.1, -0.05) is 18.2 Å². The maximum absolute atomic E-state index is 13.3. The summed E-state index contributed by atoms with van der Waals surface area (Å²) in [6, 6.07) is 13.6. The van der Waals surface area contributed by atoms with Crippen molar-refractivity contribution in [3.05, 3.63) is 65.8 Å². The Morgan fingerprint density at radius 2 is 1.92 bits per heavy atom. The fourth-order valence-electron chi connectivity index (χ4n) is 3.20. The van der Waals surface area contributed by atoms with Crippen molar-refractivity contribution in [1.29, 1.82) is 0 Å². The lowest BCUT2D eigenvalue weighted by Gasteiger charge is -2.30. The Morgan fingerprint density at radius 1 is 1.12 bits per heavy atom. The minimum absolute atomic E-state index is 0.120. The zero-order valence-electron chi connectivity index (χ0n) is 13.1. The molecule has 0 bridgehead atoms. The van der Waals surface area contributed by atoms with Gasteiger partial charge in [0.25, 0.3) is 5.91 Å². The number of likely N-dealkylation sites (tertiary alicyclic amines) is 1. The van der Waals surface area contributed by atoms with Crippen LogP contribution >= 0.6 is 0 Å². The van der Waals surface area contributed by atoms with Crippen LogP contribution in [-0.4, -0.2) is 28.9 Å². The van der Waals surface area contributed by atoms with Gasteiger partial charge < -0.3 is 9.32 Å². The molecule has 1 amide bonds. The summed E-state index contributed by atoms with van der Waals surface area (Å²) in [5, 5.41) is 0. The van der Waals surface area contributed by atoms with Gasteiger partial charge in [-0.25, -0.2) is 9.37 Å². The lowest BCUT2D eigenvalue weighted by atomic mass is 9.96. The molecule has 24 heavy (non-hydrogen) atoms. The van der Waals surface area contributed by atoms with Gasteiger partial charge in [-0.2, -0.15) is 0 Å². The normalized spacial score (nSPS) is 15.8. The SMILES string of the molecule is O=C(c1cccc(F)c1)N1CCC(c2nc3ccccc3o2)CC1. The number of aromatic nitrogens is 1. The number of nitrogens with zero attached hydrogens (tertiary/aromatic N) is 2. The van der Waals surface area contributed by atoms with Crippen molar-refractivity contribution in [2.45, 2.75) is 18.8 Å². The van der Waals surface area contributed by atoms with Gasteiger partial charge in [0, 0.05) is 24.6 Å². The molecule has 1 aliphatic heterocycles. The van der Waals surface area contributed by atoms with Gasteiger partial charge in [0.15, 0.2) is 11.5 Å². The summed E-state index contributed by atoms with van der Waals surface area (Å²) in [7, 11) is 0. The van der Waals surface area contributed by atoms with E-state index < -0.39 is 0 Å². The quantitative estimate of drug-likeness (QED) is 0.716. The van der Waals surface area contributed by atoms with E-state index in [9.17, 15) is 9.18 Å². The third-order valence-electron chi connectivity index (χ3n) is 4.51. The van der Waals surface area contributed by atoms with E-state index in [0.29, 0.717) is 18.7 Å². The monoisotopic (exact) mass is 324 g/mol. The van der Waals surface area contributed by atoms with E-state index in [4.69, 9.17) is 4.42 Å². The van der Waals surface area contributed by atoms with Crippen molar-refractivity contribution in [2.75, 3.05) is 13.1 Å². The predicted octanol–water partition coefficient (Wildman–Crippen LogP) is 3.99. The number of hydrogen-bond acceptors (Lipinski definition) is 3. The summed E-state index contributed by atoms with van der Waals surface area (Å²) in [5.41, 5.74) is 2.06. The maximum atomic E-state index is 13.3. The number of benzene rings is 2. The fraction of sp³-hybridized carbons (Fsp3) is 0.263. The number of fused-ring (bicyclic) bond motifs is 1. The molecule has 0 N–H and O–H groups in total. The van der Waals surface area contributed by atoms with E-state index in [2.05, 4.69) is 4.98 Å². The van der Waals surface area contributed by atoms with E-state index in [0.717, 1.165) is 29.8 Å². The lowest BCUT2D eigenvalue weighted by Crippen LogP contribution is -2.38. The first kappa shape index (κ1) is 14.9. The van der Waals surface area contributed by atoms with Crippen molar-refractivity contribution in [2.24, 2.45) is 0 Å². The van der Waals surface area contributed by atoms with Crippen LogP contribution in [0.25, 0.3) is 11.1 Å². The molecule has 1 aliphatic rings. The number of para-hydroxylation sites is 2. The molecule has 1 aromatic heterocycles. The van der Waals surface area contributed by atoms with Gasteiger partial charge in [0.05, 0.1) is 0 Å². The van der Waals surface area contributed by atoms with Gasteiger partial charge in [-0.15, -0.1) is 0 Å². The Labute approximate surface area is 138 Å². The second-order valence-corrected chi connectivity index (χ2v) is 6.10. The van der Waals surface area contributed by atoms with Crippen LogP contribution in [0.15, 0.2) is 52.9 Å². The molecule has 1 saturated heterocycles. The molecule has 0 spiro atoms. The Balaban J connectivity index is 1.45. The molecule has 4 nitrogen and oxygen atoms in total. The highest BCUT2D eigenvalue weighted by molar-refractivity contribution is 5.94. The first-order chi connectivity index (χ1) is 11.7. The van der Waals surface area contributed by atoms with Crippen molar-refractivity contribution < 1.29 is 13.6 Å². The van der Waals surface area contributed by atoms with Crippen molar-refractivity contribution >= 4 is 17.0 Å². The number of amides is 1. The average Bonchev–Trinajstić information content (AvgIpc) is 3.05. The van der Waals surface area contributed by atoms with Crippen molar-refractivity contribution in [3.63, 3.8) is 0 Å². The summed E-state index contributed by atoms with van der Waals surface area (Å²) in [6.07, 6.45) is 1.60. The standard InChI is InChI=1S/C19H17FN2O2/c20-15-5-3-4-14(12-15)19(23)22-10-8-13(9-11-22)18-21-16-6-1-2-7-17(16)24-18/h1-7,12-13H,8-11H2. The van der Waals surface area contributed by atoms with Gasteiger partial charge in [0.2, 0.25) is 0 Å². The summed E-state index contributed by atoms with van der Waals surface area (Å²) >= 11 is 0. The van der Waals surface area contributed by atoms with Crippen LogP contribution in [0.5, 0.6) is 0 Å². The Hall–Kier alpha value is -2.69. The predicted molar refractivity (Wildman–Crippen MR) is 88.3 cm³/mol. The Bertz CT molecular complexity index is 849. The topological polar surface area (TPSA) is 46.3 Å². The van der Waals surface area contributed by atoms with Crippen LogP contribution in [0.3, 0.4) is 0 Å². The molecule has 5 heteroatoms. The third-order valence-corrected chi connectivity index (χ3v) is 4.51. The van der Waals surface area contributed by atoms with Crippen molar-refractivity contribution in [3.8, 4) is 0 Å². The molecule has 4 rings (SSSR count). The zero-order valence-corrected chi connectivity index (χ0v) is 13.1. The van der Waals surface area contributed by atoms with E-state index in [1.807, 2.05) is 24.3 Å². The summed E-state index contributed by atoms with van der Waals surface area (Å²) < 4.78 is 19.1. The Morgan fingerprint density at radius 3 is 2.67 bits per heavy atom. The van der Waals surface area contributed by atoms with E-state index in [-0.39, 0.29) is 17.6 Å². The maximum Gasteiger partial charge on any atom is 0.253 e. The highest BCUT2D eigenvalue weighted by atomic mass is 19.1. The minimum Gasteiger partial charge on any atom is -0.440 e. The van der Waals surface area contributed by atoms with Crippen LogP contribution < -0.4 is 0 Å². The van der Waals surface area contributed by atoms with Crippen LogP contribution in [0.1, 0.15) is 35.0 Å². The molecular formula is C19H17FN2O2.